The van der Waals surface area contributed by atoms with Gasteiger partial charge in [-0.25, -0.2) is 0 Å². The van der Waals surface area contributed by atoms with Crippen LogP contribution in [-0.2, 0) is 0 Å². The fraction of sp³-hybridized carbons (Fsp3) is 0.111. The van der Waals surface area contributed by atoms with E-state index in [1.165, 1.54) is 0 Å². The molecule has 0 fully saturated rings. The molecular weight excluding hydrogens is 232 g/mol. The van der Waals surface area contributed by atoms with Crippen LogP contribution in [0.1, 0.15) is 17.5 Å². The van der Waals surface area contributed by atoms with Crippen molar-refractivity contribution in [2.75, 3.05) is 7.11 Å². The van der Waals surface area contributed by atoms with Crippen LogP contribution in [0.15, 0.2) is 60.7 Å². The molecule has 0 atom stereocenters. The Bertz CT molecular complexity index is 600. The lowest BCUT2D eigenvalue weighted by Crippen LogP contribution is -1.82. The number of methoxy groups -OCH3 is 1. The molecule has 1 nitrogen and oxygen atoms in total. The summed E-state index contributed by atoms with van der Waals surface area (Å²) in [6, 6.07) is 18.0. The zero-order chi connectivity index (χ0) is 13.3. The molecule has 2 aromatic carbocycles. The van der Waals surface area contributed by atoms with E-state index in [0.29, 0.717) is 0 Å². The molecule has 2 rings (SSSR count). The lowest BCUT2D eigenvalue weighted by atomic mass is 10.2. The topological polar surface area (TPSA) is 9.23 Å². The summed E-state index contributed by atoms with van der Waals surface area (Å²) in [5.74, 6) is 7.13. The van der Waals surface area contributed by atoms with E-state index in [1.807, 2.05) is 54.6 Å². The molecule has 0 bridgehead atoms. The van der Waals surface area contributed by atoms with E-state index in [1.54, 1.807) is 7.11 Å². The minimum atomic E-state index is 0.742. The Hall–Kier alpha value is -2.46. The van der Waals surface area contributed by atoms with Crippen molar-refractivity contribution in [1.29, 1.82) is 0 Å². The molecule has 0 amide bonds. The summed E-state index contributed by atoms with van der Waals surface area (Å²) in [7, 11) is 1.67. The minimum absolute atomic E-state index is 0.742. The quantitative estimate of drug-likeness (QED) is 0.741. The molecule has 94 valence electrons. The minimum Gasteiger partial charge on any atom is -0.497 e. The van der Waals surface area contributed by atoms with E-state index in [4.69, 9.17) is 4.74 Å². The third kappa shape index (κ3) is 4.37. The van der Waals surface area contributed by atoms with Gasteiger partial charge in [-0.2, -0.15) is 0 Å². The van der Waals surface area contributed by atoms with Crippen LogP contribution in [0.25, 0.3) is 6.08 Å². The second-order valence-corrected chi connectivity index (χ2v) is 4.05. The zero-order valence-electron chi connectivity index (χ0n) is 11.0. The predicted molar refractivity (Wildman–Crippen MR) is 80.0 cm³/mol. The van der Waals surface area contributed by atoms with Crippen molar-refractivity contribution < 1.29 is 4.74 Å². The molecule has 0 aromatic heterocycles. The summed E-state index contributed by atoms with van der Waals surface area (Å²) in [5.41, 5.74) is 2.18. The maximum Gasteiger partial charge on any atom is 0.119 e. The van der Waals surface area contributed by atoms with Crippen LogP contribution < -0.4 is 4.74 Å². The largest absolute Gasteiger partial charge is 0.497 e. The van der Waals surface area contributed by atoms with Gasteiger partial charge in [-0.15, -0.1) is 0 Å². The standard InChI is InChI=1S/C18H16O/c1-19-18-14-8-13-17(15-18)12-7-3-6-11-16-9-4-2-5-10-16/h2,4-5,7-10,12-15H,3H2,1H3/b12-7+. The molecule has 19 heavy (non-hydrogen) atoms. The molecule has 0 aliphatic rings. The molecule has 0 N–H and O–H groups in total. The summed E-state index contributed by atoms with van der Waals surface area (Å²) >= 11 is 0. The van der Waals surface area contributed by atoms with Crippen LogP contribution in [0.4, 0.5) is 0 Å². The van der Waals surface area contributed by atoms with E-state index in [-0.39, 0.29) is 0 Å². The third-order valence-corrected chi connectivity index (χ3v) is 2.63. The molecule has 0 aliphatic heterocycles. The molecule has 0 heterocycles. The van der Waals surface area contributed by atoms with Crippen LogP contribution in [0, 0.1) is 11.8 Å². The Balaban J connectivity index is 1.92. The average Bonchev–Trinajstić information content (AvgIpc) is 2.48. The lowest BCUT2D eigenvalue weighted by Gasteiger charge is -1.99. The highest BCUT2D eigenvalue weighted by molar-refractivity contribution is 5.52. The highest BCUT2D eigenvalue weighted by Crippen LogP contribution is 2.13. The van der Waals surface area contributed by atoms with E-state index >= 15 is 0 Å². The maximum atomic E-state index is 5.18. The lowest BCUT2D eigenvalue weighted by molar-refractivity contribution is 0.414. The molecule has 2 aromatic rings. The molecule has 0 unspecified atom stereocenters. The molecule has 0 saturated heterocycles. The van der Waals surface area contributed by atoms with Crippen LogP contribution in [0.2, 0.25) is 0 Å². The molecule has 1 heteroatoms. The second kappa shape index (κ2) is 7.08. The first-order chi connectivity index (χ1) is 9.38. The number of rotatable bonds is 3. The van der Waals surface area contributed by atoms with E-state index in [9.17, 15) is 0 Å². The highest BCUT2D eigenvalue weighted by atomic mass is 16.5. The van der Waals surface area contributed by atoms with Crippen LogP contribution >= 0.6 is 0 Å². The zero-order valence-corrected chi connectivity index (χ0v) is 11.0. The Kier molecular flexibility index (Phi) is 4.84. The SMILES string of the molecule is COc1cccc(/C=C/CC#Cc2ccccc2)c1. The van der Waals surface area contributed by atoms with E-state index in [0.717, 1.165) is 23.3 Å². The number of hydrogen-bond acceptors (Lipinski definition) is 1. The van der Waals surface area contributed by atoms with Gasteiger partial charge in [-0.3, -0.25) is 0 Å². The molecule has 0 aliphatic carbocycles. The normalized spacial score (nSPS) is 9.95. The van der Waals surface area contributed by atoms with Gasteiger partial charge in [0.1, 0.15) is 5.75 Å². The van der Waals surface area contributed by atoms with Crippen molar-refractivity contribution in [3.63, 3.8) is 0 Å². The predicted octanol–water partition coefficient (Wildman–Crippen LogP) is 4.15. The summed E-state index contributed by atoms with van der Waals surface area (Å²) in [6.45, 7) is 0. The first-order valence-electron chi connectivity index (χ1n) is 6.23. The Morgan fingerprint density at radius 3 is 2.68 bits per heavy atom. The Morgan fingerprint density at radius 2 is 1.89 bits per heavy atom. The van der Waals surface area contributed by atoms with Gasteiger partial charge in [0, 0.05) is 12.0 Å². The monoisotopic (exact) mass is 248 g/mol. The Morgan fingerprint density at radius 1 is 1.05 bits per heavy atom. The Labute approximate surface area is 114 Å². The number of allylic oxidation sites excluding steroid dienone is 1. The van der Waals surface area contributed by atoms with Crippen molar-refractivity contribution in [2.45, 2.75) is 6.42 Å². The van der Waals surface area contributed by atoms with Crippen molar-refractivity contribution in [2.24, 2.45) is 0 Å². The fourth-order valence-corrected chi connectivity index (χ4v) is 1.67. The third-order valence-electron chi connectivity index (χ3n) is 2.63. The smallest absolute Gasteiger partial charge is 0.119 e. The van der Waals surface area contributed by atoms with Crippen molar-refractivity contribution >= 4 is 6.08 Å². The second-order valence-electron chi connectivity index (χ2n) is 4.05. The maximum absolute atomic E-state index is 5.18. The van der Waals surface area contributed by atoms with Gasteiger partial charge in [0.05, 0.1) is 7.11 Å². The van der Waals surface area contributed by atoms with Gasteiger partial charge in [-0.1, -0.05) is 54.3 Å². The molecule has 0 spiro atoms. The van der Waals surface area contributed by atoms with Crippen molar-refractivity contribution in [3.8, 4) is 17.6 Å². The summed E-state index contributed by atoms with van der Waals surface area (Å²) in [4.78, 5) is 0. The van der Waals surface area contributed by atoms with Gasteiger partial charge in [0.2, 0.25) is 0 Å². The first-order valence-corrected chi connectivity index (χ1v) is 6.23. The summed E-state index contributed by atoms with van der Waals surface area (Å²) in [6.07, 6.45) is 4.86. The fourth-order valence-electron chi connectivity index (χ4n) is 1.67. The first kappa shape index (κ1) is 13.0. The van der Waals surface area contributed by atoms with E-state index < -0.39 is 0 Å². The van der Waals surface area contributed by atoms with Gasteiger partial charge in [0.25, 0.3) is 0 Å². The van der Waals surface area contributed by atoms with Gasteiger partial charge in [-0.05, 0) is 29.8 Å². The van der Waals surface area contributed by atoms with Gasteiger partial charge >= 0.3 is 0 Å². The molecule has 0 saturated carbocycles. The molecule has 0 radical (unpaired) electrons. The van der Waals surface area contributed by atoms with Crippen LogP contribution in [0.3, 0.4) is 0 Å². The van der Waals surface area contributed by atoms with Crippen LogP contribution in [0.5, 0.6) is 5.75 Å². The van der Waals surface area contributed by atoms with Crippen molar-refractivity contribution in [3.05, 3.63) is 71.8 Å². The highest BCUT2D eigenvalue weighted by Gasteiger charge is 1.90. The molecular formula is C18H16O. The van der Waals surface area contributed by atoms with E-state index in [2.05, 4.69) is 24.0 Å². The van der Waals surface area contributed by atoms with Crippen LogP contribution in [-0.4, -0.2) is 7.11 Å². The summed E-state index contributed by atoms with van der Waals surface area (Å²) < 4.78 is 5.18. The van der Waals surface area contributed by atoms with Gasteiger partial charge < -0.3 is 4.74 Å². The average molecular weight is 248 g/mol. The number of hydrogen-bond donors (Lipinski definition) is 0. The number of ether oxygens (including phenoxy) is 1. The van der Waals surface area contributed by atoms with Gasteiger partial charge in [0.15, 0.2) is 0 Å². The van der Waals surface area contributed by atoms with Crippen molar-refractivity contribution in [1.82, 2.24) is 0 Å². The number of benzene rings is 2. The summed E-state index contributed by atoms with van der Waals surface area (Å²) in [5, 5.41) is 0.